The summed E-state index contributed by atoms with van der Waals surface area (Å²) in [4.78, 5) is 2.72. The van der Waals surface area contributed by atoms with Crippen LogP contribution in [0.5, 0.6) is 0 Å². The van der Waals surface area contributed by atoms with E-state index in [1.54, 1.807) is 0 Å². The molecule has 0 spiro atoms. The molecule has 3 fully saturated rings. The molecule has 4 nitrogen and oxygen atoms in total. The van der Waals surface area contributed by atoms with Gasteiger partial charge < -0.3 is 4.74 Å². The van der Waals surface area contributed by atoms with Gasteiger partial charge in [-0.1, -0.05) is 17.3 Å². The Labute approximate surface area is 83.6 Å². The minimum absolute atomic E-state index is 0.250. The minimum atomic E-state index is 0.250. The first-order valence-electron chi connectivity index (χ1n) is 5.15. The quantitative estimate of drug-likeness (QED) is 0.294. The van der Waals surface area contributed by atoms with Gasteiger partial charge in [-0.05, 0) is 31.2 Å². The average Bonchev–Trinajstić information content (AvgIpc) is 2.27. The van der Waals surface area contributed by atoms with E-state index < -0.39 is 0 Å². The second-order valence-corrected chi connectivity index (χ2v) is 4.19. The topological polar surface area (TPSA) is 58.0 Å². The number of hydrogen-bond donors (Lipinski definition) is 0. The molecule has 3 aliphatic rings. The second kappa shape index (κ2) is 4.03. The van der Waals surface area contributed by atoms with Gasteiger partial charge in [-0.15, -0.1) is 0 Å². The number of rotatable bonds is 3. The summed E-state index contributed by atoms with van der Waals surface area (Å²) in [6, 6.07) is 0. The van der Waals surface area contributed by atoms with Crippen LogP contribution in [0.1, 0.15) is 25.7 Å². The molecular weight excluding hydrogens is 178 g/mol. The molecule has 76 valence electrons. The van der Waals surface area contributed by atoms with Gasteiger partial charge in [-0.3, -0.25) is 0 Å². The monoisotopic (exact) mass is 193 g/mol. The molecular formula is C10H15N3O. The molecule has 2 aliphatic heterocycles. The van der Waals surface area contributed by atoms with Crippen LogP contribution in [-0.4, -0.2) is 19.3 Å². The van der Waals surface area contributed by atoms with Crippen molar-refractivity contribution >= 4 is 0 Å². The SMILES string of the molecule is [N-]=[N+]=NCC=CC12CCC(CC1)OC2. The lowest BCUT2D eigenvalue weighted by Crippen LogP contribution is -2.41. The van der Waals surface area contributed by atoms with E-state index >= 15 is 0 Å². The summed E-state index contributed by atoms with van der Waals surface area (Å²) < 4.78 is 5.68. The van der Waals surface area contributed by atoms with Gasteiger partial charge in [0.05, 0.1) is 12.7 Å². The molecule has 14 heavy (non-hydrogen) atoms. The Morgan fingerprint density at radius 2 is 2.29 bits per heavy atom. The van der Waals surface area contributed by atoms with Crippen molar-refractivity contribution in [2.24, 2.45) is 10.5 Å². The summed E-state index contributed by atoms with van der Waals surface area (Å²) in [5.74, 6) is 0. The van der Waals surface area contributed by atoms with Crippen LogP contribution in [0, 0.1) is 5.41 Å². The molecule has 4 heteroatoms. The Balaban J connectivity index is 1.94. The predicted octanol–water partition coefficient (Wildman–Crippen LogP) is 2.81. The summed E-state index contributed by atoms with van der Waals surface area (Å²) in [6.07, 6.45) is 9.50. The van der Waals surface area contributed by atoms with E-state index in [-0.39, 0.29) is 5.41 Å². The Bertz CT molecular complexity index is 259. The summed E-state index contributed by atoms with van der Waals surface area (Å²) in [6.45, 7) is 1.31. The first kappa shape index (κ1) is 9.56. The fourth-order valence-electron chi connectivity index (χ4n) is 2.36. The van der Waals surface area contributed by atoms with Crippen molar-refractivity contribution in [3.8, 4) is 0 Å². The maximum atomic E-state index is 8.13. The minimum Gasteiger partial charge on any atom is -0.377 e. The van der Waals surface area contributed by atoms with E-state index in [1.807, 2.05) is 6.08 Å². The van der Waals surface area contributed by atoms with Gasteiger partial charge in [0.2, 0.25) is 0 Å². The third-order valence-corrected chi connectivity index (χ3v) is 3.26. The lowest BCUT2D eigenvalue weighted by atomic mass is 9.71. The summed E-state index contributed by atoms with van der Waals surface area (Å²) in [5.41, 5.74) is 8.38. The number of hydrogen-bond acceptors (Lipinski definition) is 2. The van der Waals surface area contributed by atoms with Crippen LogP contribution in [0.25, 0.3) is 10.4 Å². The number of ether oxygens (including phenoxy) is 1. The van der Waals surface area contributed by atoms with Crippen LogP contribution in [0.3, 0.4) is 0 Å². The van der Waals surface area contributed by atoms with Crippen molar-refractivity contribution in [2.45, 2.75) is 31.8 Å². The molecule has 2 bridgehead atoms. The van der Waals surface area contributed by atoms with Gasteiger partial charge in [0.25, 0.3) is 0 Å². The molecule has 0 amide bonds. The van der Waals surface area contributed by atoms with E-state index in [0.717, 1.165) is 6.61 Å². The summed E-state index contributed by atoms with van der Waals surface area (Å²) in [7, 11) is 0. The lowest BCUT2D eigenvalue weighted by Gasteiger charge is -2.44. The molecule has 1 saturated carbocycles. The van der Waals surface area contributed by atoms with Gasteiger partial charge in [-0.2, -0.15) is 0 Å². The van der Waals surface area contributed by atoms with E-state index in [2.05, 4.69) is 16.1 Å². The zero-order valence-corrected chi connectivity index (χ0v) is 8.22. The first-order chi connectivity index (χ1) is 6.85. The van der Waals surface area contributed by atoms with E-state index in [9.17, 15) is 0 Å². The van der Waals surface area contributed by atoms with Crippen molar-refractivity contribution in [2.75, 3.05) is 13.2 Å². The van der Waals surface area contributed by atoms with Crippen LogP contribution in [0.15, 0.2) is 17.3 Å². The van der Waals surface area contributed by atoms with Gasteiger partial charge in [0.15, 0.2) is 0 Å². The molecule has 3 rings (SSSR count). The molecule has 0 radical (unpaired) electrons. The Morgan fingerprint density at radius 1 is 1.50 bits per heavy atom. The van der Waals surface area contributed by atoms with Crippen LogP contribution in [-0.2, 0) is 4.74 Å². The smallest absolute Gasteiger partial charge is 0.0576 e. The molecule has 0 N–H and O–H groups in total. The molecule has 0 aromatic carbocycles. The highest BCUT2D eigenvalue weighted by Gasteiger charge is 2.39. The molecule has 0 aromatic rings. The standard InChI is InChI=1S/C10H15N3O/c11-13-12-7-1-4-10-5-2-9(3-6-10)14-8-10/h1,4,9H,2-3,5-8H2. The predicted molar refractivity (Wildman–Crippen MR) is 53.8 cm³/mol. The van der Waals surface area contributed by atoms with Crippen LogP contribution < -0.4 is 0 Å². The summed E-state index contributed by atoms with van der Waals surface area (Å²) >= 11 is 0. The molecule has 1 aliphatic carbocycles. The highest BCUT2D eigenvalue weighted by Crippen LogP contribution is 2.43. The van der Waals surface area contributed by atoms with Crippen molar-refractivity contribution in [1.29, 1.82) is 0 Å². The van der Waals surface area contributed by atoms with Crippen LogP contribution in [0.4, 0.5) is 0 Å². The normalized spacial score (nSPS) is 35.9. The zero-order chi connectivity index (χ0) is 9.86. The van der Waals surface area contributed by atoms with E-state index in [0.29, 0.717) is 12.6 Å². The van der Waals surface area contributed by atoms with Crippen LogP contribution >= 0.6 is 0 Å². The van der Waals surface area contributed by atoms with Crippen molar-refractivity contribution in [3.63, 3.8) is 0 Å². The van der Waals surface area contributed by atoms with Gasteiger partial charge >= 0.3 is 0 Å². The second-order valence-electron chi connectivity index (χ2n) is 4.19. The van der Waals surface area contributed by atoms with Gasteiger partial charge in [0, 0.05) is 16.9 Å². The van der Waals surface area contributed by atoms with E-state index in [4.69, 9.17) is 10.3 Å². The third kappa shape index (κ3) is 1.91. The first-order valence-corrected chi connectivity index (χ1v) is 5.15. The Morgan fingerprint density at radius 3 is 2.86 bits per heavy atom. The largest absolute Gasteiger partial charge is 0.377 e. The van der Waals surface area contributed by atoms with Crippen LogP contribution in [0.2, 0.25) is 0 Å². The maximum Gasteiger partial charge on any atom is 0.0576 e. The Hall–Kier alpha value is -0.990. The van der Waals surface area contributed by atoms with Gasteiger partial charge in [-0.25, -0.2) is 0 Å². The number of azide groups is 1. The molecule has 0 atom stereocenters. The van der Waals surface area contributed by atoms with Crippen molar-refractivity contribution in [3.05, 3.63) is 22.6 Å². The third-order valence-electron chi connectivity index (χ3n) is 3.26. The molecule has 0 unspecified atom stereocenters. The number of nitrogens with zero attached hydrogens (tertiary/aromatic N) is 3. The zero-order valence-electron chi connectivity index (χ0n) is 8.22. The fraction of sp³-hybridized carbons (Fsp3) is 0.800. The Kier molecular flexibility index (Phi) is 2.75. The average molecular weight is 193 g/mol. The van der Waals surface area contributed by atoms with E-state index in [1.165, 1.54) is 25.7 Å². The van der Waals surface area contributed by atoms with Crippen molar-refractivity contribution in [1.82, 2.24) is 0 Å². The van der Waals surface area contributed by atoms with Gasteiger partial charge in [0.1, 0.15) is 0 Å². The van der Waals surface area contributed by atoms with Crippen molar-refractivity contribution < 1.29 is 4.74 Å². The molecule has 2 saturated heterocycles. The fourth-order valence-corrected chi connectivity index (χ4v) is 2.36. The summed E-state index contributed by atoms with van der Waals surface area (Å²) in [5, 5.41) is 3.49. The lowest BCUT2D eigenvalue weighted by molar-refractivity contribution is -0.0934. The molecule has 0 aromatic heterocycles. The highest BCUT2D eigenvalue weighted by atomic mass is 16.5. The number of fused-ring (bicyclic) bond motifs is 3. The molecule has 2 heterocycles. The maximum absolute atomic E-state index is 8.13. The highest BCUT2D eigenvalue weighted by molar-refractivity contribution is 5.05.